The van der Waals surface area contributed by atoms with Gasteiger partial charge in [0.2, 0.25) is 0 Å². The topological polar surface area (TPSA) is 84.0 Å². The molecule has 110 valence electrons. The van der Waals surface area contributed by atoms with Crippen LogP contribution in [0.1, 0.15) is 30.3 Å². The zero-order valence-electron chi connectivity index (χ0n) is 12.0. The highest BCUT2D eigenvalue weighted by molar-refractivity contribution is 5.33. The summed E-state index contributed by atoms with van der Waals surface area (Å²) in [6.45, 7) is 3.22. The minimum atomic E-state index is 0.0875. The van der Waals surface area contributed by atoms with Crippen molar-refractivity contribution >= 4 is 0 Å². The van der Waals surface area contributed by atoms with Gasteiger partial charge in [0.05, 0.1) is 12.3 Å². The Kier molecular flexibility index (Phi) is 5.29. The smallest absolute Gasteiger partial charge is 0.186 e. The molecule has 1 aromatic heterocycles. The molecule has 0 saturated carbocycles. The number of aliphatic hydroxyl groups excluding tert-OH is 1. The number of hydrogen-bond donors (Lipinski definition) is 1. The Morgan fingerprint density at radius 2 is 2.10 bits per heavy atom. The van der Waals surface area contributed by atoms with Crippen molar-refractivity contribution in [3.63, 3.8) is 0 Å². The fourth-order valence-electron chi connectivity index (χ4n) is 2.06. The molecule has 0 saturated heterocycles. The molecule has 0 unspecified atom stereocenters. The molecular formula is C15H18N4O2. The minimum absolute atomic E-state index is 0.0875. The molecule has 0 aliphatic rings. The third kappa shape index (κ3) is 3.80. The number of aliphatic hydroxyl groups is 1. The Labute approximate surface area is 123 Å². The van der Waals surface area contributed by atoms with Gasteiger partial charge >= 0.3 is 0 Å². The molecule has 1 aromatic carbocycles. The molecule has 0 aliphatic carbocycles. The largest absolute Gasteiger partial charge is 0.494 e. The van der Waals surface area contributed by atoms with Crippen molar-refractivity contribution in [3.8, 4) is 11.8 Å². The molecule has 0 radical (unpaired) electrons. The molecule has 21 heavy (non-hydrogen) atoms. The zero-order chi connectivity index (χ0) is 15.1. The number of ether oxygens (including phenoxy) is 1. The summed E-state index contributed by atoms with van der Waals surface area (Å²) >= 11 is 0. The lowest BCUT2D eigenvalue weighted by atomic mass is 10.1. The normalized spacial score (nSPS) is 10.3. The third-order valence-electron chi connectivity index (χ3n) is 3.08. The number of nitriles is 1. The van der Waals surface area contributed by atoms with Crippen LogP contribution < -0.4 is 4.74 Å². The average Bonchev–Trinajstić information content (AvgIpc) is 2.89. The molecule has 0 spiro atoms. The molecule has 2 rings (SSSR count). The van der Waals surface area contributed by atoms with Crippen molar-refractivity contribution in [1.82, 2.24) is 15.0 Å². The summed E-state index contributed by atoms with van der Waals surface area (Å²) in [5.74, 6) is 0.827. The van der Waals surface area contributed by atoms with Gasteiger partial charge in [-0.1, -0.05) is 17.3 Å². The molecule has 0 amide bonds. The Morgan fingerprint density at radius 1 is 1.33 bits per heavy atom. The predicted octanol–water partition coefficient (Wildman–Crippen LogP) is 1.52. The quantitative estimate of drug-likeness (QED) is 0.834. The second-order valence-electron chi connectivity index (χ2n) is 4.55. The number of hydrogen-bond acceptors (Lipinski definition) is 5. The van der Waals surface area contributed by atoms with Gasteiger partial charge in [0, 0.05) is 19.6 Å². The van der Waals surface area contributed by atoms with E-state index in [1.54, 1.807) is 4.68 Å². The third-order valence-corrected chi connectivity index (χ3v) is 3.08. The number of nitrogens with zero attached hydrogens (tertiary/aromatic N) is 4. The first-order valence-corrected chi connectivity index (χ1v) is 6.93. The Balaban J connectivity index is 2.17. The number of aryl methyl sites for hydroxylation is 1. The van der Waals surface area contributed by atoms with Crippen LogP contribution in [0.2, 0.25) is 0 Å². The van der Waals surface area contributed by atoms with Gasteiger partial charge in [-0.3, -0.25) is 0 Å². The minimum Gasteiger partial charge on any atom is -0.494 e. The van der Waals surface area contributed by atoms with Gasteiger partial charge in [-0.15, -0.1) is 5.10 Å². The summed E-state index contributed by atoms with van der Waals surface area (Å²) in [7, 11) is 0. The van der Waals surface area contributed by atoms with E-state index in [-0.39, 0.29) is 6.61 Å². The average molecular weight is 286 g/mol. The van der Waals surface area contributed by atoms with Crippen LogP contribution >= 0.6 is 0 Å². The lowest BCUT2D eigenvalue weighted by Gasteiger charge is -2.07. The van der Waals surface area contributed by atoms with Crippen LogP contribution in [-0.2, 0) is 13.0 Å². The fraction of sp³-hybridized carbons (Fsp3) is 0.400. The summed E-state index contributed by atoms with van der Waals surface area (Å²) in [6.07, 6.45) is 1.16. The molecule has 0 bridgehead atoms. The Morgan fingerprint density at radius 3 is 2.71 bits per heavy atom. The van der Waals surface area contributed by atoms with Gasteiger partial charge in [-0.25, -0.2) is 4.68 Å². The van der Waals surface area contributed by atoms with Crippen molar-refractivity contribution < 1.29 is 9.84 Å². The van der Waals surface area contributed by atoms with Crippen molar-refractivity contribution in [2.75, 3.05) is 13.2 Å². The Bertz CT molecular complexity index is 614. The maximum absolute atomic E-state index is 9.11. The fourth-order valence-corrected chi connectivity index (χ4v) is 2.06. The molecule has 0 fully saturated rings. The number of aromatic nitrogens is 3. The molecule has 0 aliphatic heterocycles. The van der Waals surface area contributed by atoms with E-state index in [0.29, 0.717) is 31.7 Å². The van der Waals surface area contributed by atoms with Gasteiger partial charge in [0.15, 0.2) is 5.69 Å². The summed E-state index contributed by atoms with van der Waals surface area (Å²) in [5, 5.41) is 25.9. The second kappa shape index (κ2) is 7.41. The van der Waals surface area contributed by atoms with E-state index in [2.05, 4.69) is 16.4 Å². The highest BCUT2D eigenvalue weighted by Gasteiger charge is 2.13. The van der Waals surface area contributed by atoms with Crippen LogP contribution in [0.5, 0.6) is 5.75 Å². The SMILES string of the molecule is CCOc1ccc(Cc2c(C#N)nnn2CCCO)cc1. The van der Waals surface area contributed by atoms with Crippen LogP contribution in [0.3, 0.4) is 0 Å². The number of benzene rings is 1. The maximum Gasteiger partial charge on any atom is 0.186 e. The van der Waals surface area contributed by atoms with Crippen LogP contribution in [0, 0.1) is 11.3 Å². The van der Waals surface area contributed by atoms with Crippen molar-refractivity contribution in [1.29, 1.82) is 5.26 Å². The lowest BCUT2D eigenvalue weighted by molar-refractivity contribution is 0.275. The van der Waals surface area contributed by atoms with E-state index in [1.807, 2.05) is 31.2 Å². The van der Waals surface area contributed by atoms with E-state index in [4.69, 9.17) is 15.1 Å². The van der Waals surface area contributed by atoms with Crippen molar-refractivity contribution in [3.05, 3.63) is 41.2 Å². The standard InChI is InChI=1S/C15H18N4O2/c1-2-21-13-6-4-12(5-7-13)10-15-14(11-16)17-18-19(15)8-3-9-20/h4-7,20H,2-3,8-10H2,1H3. The molecular weight excluding hydrogens is 268 g/mol. The first-order valence-electron chi connectivity index (χ1n) is 6.93. The van der Waals surface area contributed by atoms with Crippen molar-refractivity contribution in [2.45, 2.75) is 26.3 Å². The molecule has 1 N–H and O–H groups in total. The van der Waals surface area contributed by atoms with Crippen LogP contribution in [0.15, 0.2) is 24.3 Å². The predicted molar refractivity (Wildman–Crippen MR) is 76.9 cm³/mol. The molecule has 2 aromatic rings. The van der Waals surface area contributed by atoms with Crippen molar-refractivity contribution in [2.24, 2.45) is 0 Å². The first kappa shape index (κ1) is 15.0. The highest BCUT2D eigenvalue weighted by Crippen LogP contribution is 2.16. The first-order chi connectivity index (χ1) is 10.3. The maximum atomic E-state index is 9.11. The summed E-state index contributed by atoms with van der Waals surface area (Å²) < 4.78 is 7.09. The number of rotatable bonds is 7. The monoisotopic (exact) mass is 286 g/mol. The van der Waals surface area contributed by atoms with E-state index < -0.39 is 0 Å². The summed E-state index contributed by atoms with van der Waals surface area (Å²) in [6, 6.07) is 9.82. The molecule has 1 heterocycles. The van der Waals surface area contributed by atoms with Crippen LogP contribution in [-0.4, -0.2) is 33.3 Å². The molecule has 0 atom stereocenters. The highest BCUT2D eigenvalue weighted by atomic mass is 16.5. The molecule has 6 heteroatoms. The van der Waals surface area contributed by atoms with Gasteiger partial charge in [-0.05, 0) is 31.0 Å². The van der Waals surface area contributed by atoms with E-state index in [9.17, 15) is 0 Å². The van der Waals surface area contributed by atoms with Crippen LogP contribution in [0.25, 0.3) is 0 Å². The lowest BCUT2D eigenvalue weighted by Crippen LogP contribution is -2.08. The van der Waals surface area contributed by atoms with E-state index in [1.165, 1.54) is 0 Å². The summed E-state index contributed by atoms with van der Waals surface area (Å²) in [4.78, 5) is 0. The van der Waals surface area contributed by atoms with E-state index >= 15 is 0 Å². The Hall–Kier alpha value is -2.39. The van der Waals surface area contributed by atoms with Gasteiger partial charge in [0.25, 0.3) is 0 Å². The summed E-state index contributed by atoms with van der Waals surface area (Å²) in [5.41, 5.74) is 2.17. The van der Waals surface area contributed by atoms with Gasteiger partial charge < -0.3 is 9.84 Å². The zero-order valence-corrected chi connectivity index (χ0v) is 12.0. The van der Waals surface area contributed by atoms with Gasteiger partial charge in [0.1, 0.15) is 11.8 Å². The van der Waals surface area contributed by atoms with Gasteiger partial charge in [-0.2, -0.15) is 5.26 Å². The second-order valence-corrected chi connectivity index (χ2v) is 4.55. The van der Waals surface area contributed by atoms with E-state index in [0.717, 1.165) is 17.0 Å². The van der Waals surface area contributed by atoms with Crippen LogP contribution in [0.4, 0.5) is 0 Å². The molecule has 6 nitrogen and oxygen atoms in total.